The Morgan fingerprint density at radius 3 is 2.45 bits per heavy atom. The van der Waals surface area contributed by atoms with E-state index in [1.165, 1.54) is 24.5 Å². The molecule has 0 aliphatic carbocycles. The third-order valence-corrected chi connectivity index (χ3v) is 6.63. The highest BCUT2D eigenvalue weighted by molar-refractivity contribution is 7.89. The van der Waals surface area contributed by atoms with E-state index in [1.54, 1.807) is 12.1 Å². The molecule has 3 aromatic rings. The van der Waals surface area contributed by atoms with Crippen LogP contribution in [0.25, 0.3) is 0 Å². The van der Waals surface area contributed by atoms with Gasteiger partial charge in [-0.1, -0.05) is 42.5 Å². The molecule has 1 heterocycles. The van der Waals surface area contributed by atoms with E-state index in [1.807, 2.05) is 37.3 Å². The summed E-state index contributed by atoms with van der Waals surface area (Å²) in [6.07, 6.45) is 2.90. The average molecular weight is 445 g/mol. The lowest BCUT2D eigenvalue weighted by atomic mass is 10.1. The second-order valence-electron chi connectivity index (χ2n) is 7.28. The van der Waals surface area contributed by atoms with Crippen LogP contribution in [0.1, 0.15) is 24.7 Å². The van der Waals surface area contributed by atoms with E-state index < -0.39 is 33.2 Å². The molecular formula is C23H25FN2O4S. The van der Waals surface area contributed by atoms with Crippen molar-refractivity contribution in [3.8, 4) is 0 Å². The summed E-state index contributed by atoms with van der Waals surface area (Å²) in [6.45, 7) is 1.23. The number of rotatable bonds is 10. The first-order valence-corrected chi connectivity index (χ1v) is 11.4. The molecule has 0 unspecified atom stereocenters. The second-order valence-corrected chi connectivity index (χ2v) is 9.18. The SMILES string of the molecule is C[C@H](CCc1ccccc1)NC(=O)CN(Cc1ccco1)S(=O)(=O)c1ccccc1F. The fourth-order valence-electron chi connectivity index (χ4n) is 3.18. The molecule has 1 amide bonds. The van der Waals surface area contributed by atoms with Crippen molar-refractivity contribution in [1.82, 2.24) is 9.62 Å². The molecular weight excluding hydrogens is 419 g/mol. The van der Waals surface area contributed by atoms with Gasteiger partial charge in [0.15, 0.2) is 0 Å². The average Bonchev–Trinajstić information content (AvgIpc) is 3.26. The Bertz CT molecular complexity index is 1090. The number of nitrogens with one attached hydrogen (secondary N) is 1. The molecule has 0 radical (unpaired) electrons. The van der Waals surface area contributed by atoms with Gasteiger partial charge in [-0.05, 0) is 49.6 Å². The minimum absolute atomic E-state index is 0.158. The molecule has 0 saturated heterocycles. The maximum Gasteiger partial charge on any atom is 0.246 e. The van der Waals surface area contributed by atoms with Crippen LogP contribution in [0.2, 0.25) is 0 Å². The highest BCUT2D eigenvalue weighted by Crippen LogP contribution is 2.21. The van der Waals surface area contributed by atoms with Crippen LogP contribution in [0.5, 0.6) is 0 Å². The second kappa shape index (κ2) is 10.4. The van der Waals surface area contributed by atoms with Crippen LogP contribution in [0.15, 0.2) is 82.3 Å². The van der Waals surface area contributed by atoms with Crippen molar-refractivity contribution in [3.63, 3.8) is 0 Å². The Hall–Kier alpha value is -2.97. The summed E-state index contributed by atoms with van der Waals surface area (Å²) >= 11 is 0. The highest BCUT2D eigenvalue weighted by Gasteiger charge is 2.30. The third kappa shape index (κ3) is 6.26. The van der Waals surface area contributed by atoms with Crippen molar-refractivity contribution < 1.29 is 22.0 Å². The number of nitrogens with zero attached hydrogens (tertiary/aromatic N) is 1. The van der Waals surface area contributed by atoms with Crippen molar-refractivity contribution in [2.24, 2.45) is 0 Å². The number of furan rings is 1. The Labute approximate surface area is 181 Å². The maximum absolute atomic E-state index is 14.2. The summed E-state index contributed by atoms with van der Waals surface area (Å²) in [7, 11) is -4.26. The monoisotopic (exact) mass is 444 g/mol. The minimum atomic E-state index is -4.26. The van der Waals surface area contributed by atoms with Gasteiger partial charge in [0.25, 0.3) is 0 Å². The number of sulfonamides is 1. The number of aryl methyl sites for hydroxylation is 1. The predicted molar refractivity (Wildman–Crippen MR) is 115 cm³/mol. The number of amides is 1. The summed E-state index contributed by atoms with van der Waals surface area (Å²) in [5, 5.41) is 2.83. The van der Waals surface area contributed by atoms with Gasteiger partial charge in [0.1, 0.15) is 16.5 Å². The van der Waals surface area contributed by atoms with Gasteiger partial charge in [0, 0.05) is 6.04 Å². The molecule has 0 fully saturated rings. The Morgan fingerprint density at radius 1 is 1.06 bits per heavy atom. The zero-order chi connectivity index (χ0) is 22.3. The van der Waals surface area contributed by atoms with E-state index in [-0.39, 0.29) is 12.6 Å². The molecule has 0 bridgehead atoms. The zero-order valence-corrected chi connectivity index (χ0v) is 18.0. The van der Waals surface area contributed by atoms with Gasteiger partial charge >= 0.3 is 0 Å². The van der Waals surface area contributed by atoms with E-state index in [4.69, 9.17) is 4.42 Å². The molecule has 31 heavy (non-hydrogen) atoms. The first kappa shape index (κ1) is 22.7. The topological polar surface area (TPSA) is 79.6 Å². The standard InChI is InChI=1S/C23H25FN2O4S/c1-18(13-14-19-8-3-2-4-9-19)25-23(27)17-26(16-20-10-7-15-30-20)31(28,29)22-12-6-5-11-21(22)24/h2-12,15,18H,13-14,16-17H2,1H3,(H,25,27)/t18-/m1/s1. The van der Waals surface area contributed by atoms with Crippen molar-refractivity contribution >= 4 is 15.9 Å². The molecule has 164 valence electrons. The van der Waals surface area contributed by atoms with Gasteiger partial charge in [0.2, 0.25) is 15.9 Å². The van der Waals surface area contributed by atoms with Crippen LogP contribution in [0, 0.1) is 5.82 Å². The summed E-state index contributed by atoms with van der Waals surface area (Å²) in [5.74, 6) is -0.986. The predicted octanol–water partition coefficient (Wildman–Crippen LogP) is 3.75. The normalized spacial score (nSPS) is 12.6. The number of carbonyl (C=O) groups excluding carboxylic acids is 1. The van der Waals surface area contributed by atoms with Gasteiger partial charge in [0.05, 0.1) is 19.4 Å². The number of carbonyl (C=O) groups is 1. The van der Waals surface area contributed by atoms with Crippen LogP contribution < -0.4 is 5.32 Å². The number of benzene rings is 2. The first-order valence-electron chi connectivity index (χ1n) is 9.96. The Kier molecular flexibility index (Phi) is 7.59. The Morgan fingerprint density at radius 2 is 1.77 bits per heavy atom. The smallest absolute Gasteiger partial charge is 0.246 e. The van der Waals surface area contributed by atoms with Crippen LogP contribution in [0.4, 0.5) is 4.39 Å². The number of hydrogen-bond acceptors (Lipinski definition) is 4. The van der Waals surface area contributed by atoms with Gasteiger partial charge < -0.3 is 9.73 Å². The lowest BCUT2D eigenvalue weighted by Crippen LogP contribution is -2.43. The summed E-state index contributed by atoms with van der Waals surface area (Å²) < 4.78 is 46.5. The van der Waals surface area contributed by atoms with Crippen molar-refractivity contribution in [2.75, 3.05) is 6.54 Å². The molecule has 8 heteroatoms. The zero-order valence-electron chi connectivity index (χ0n) is 17.2. The molecule has 2 aromatic carbocycles. The van der Waals surface area contributed by atoms with Crippen LogP contribution in [0.3, 0.4) is 0 Å². The summed E-state index contributed by atoms with van der Waals surface area (Å²) in [4.78, 5) is 12.1. The molecule has 3 rings (SSSR count). The molecule has 1 atom stereocenters. The largest absolute Gasteiger partial charge is 0.468 e. The maximum atomic E-state index is 14.2. The molecule has 0 aliphatic heterocycles. The van der Waals surface area contributed by atoms with Crippen molar-refractivity contribution in [3.05, 3.63) is 90.1 Å². The van der Waals surface area contributed by atoms with Gasteiger partial charge in [-0.15, -0.1) is 0 Å². The molecule has 0 saturated carbocycles. The van der Waals surface area contributed by atoms with Crippen molar-refractivity contribution in [1.29, 1.82) is 0 Å². The lowest BCUT2D eigenvalue weighted by Gasteiger charge is -2.22. The number of halogens is 1. The first-order chi connectivity index (χ1) is 14.9. The number of hydrogen-bond donors (Lipinski definition) is 1. The summed E-state index contributed by atoms with van der Waals surface area (Å²) in [5.41, 5.74) is 1.16. The van der Waals surface area contributed by atoms with Crippen molar-refractivity contribution in [2.45, 2.75) is 37.2 Å². The van der Waals surface area contributed by atoms with Crippen LogP contribution in [-0.4, -0.2) is 31.2 Å². The minimum Gasteiger partial charge on any atom is -0.468 e. The van der Waals surface area contributed by atoms with Gasteiger partial charge in [-0.25, -0.2) is 12.8 Å². The molecule has 0 aliphatic rings. The molecule has 1 N–H and O–H groups in total. The molecule has 6 nitrogen and oxygen atoms in total. The third-order valence-electron chi connectivity index (χ3n) is 4.80. The van der Waals surface area contributed by atoms with Crippen LogP contribution >= 0.6 is 0 Å². The quantitative estimate of drug-likeness (QED) is 0.517. The van der Waals surface area contributed by atoms with E-state index in [0.29, 0.717) is 12.2 Å². The van der Waals surface area contributed by atoms with E-state index in [9.17, 15) is 17.6 Å². The van der Waals surface area contributed by atoms with Crippen LogP contribution in [-0.2, 0) is 27.8 Å². The molecule has 1 aromatic heterocycles. The van der Waals surface area contributed by atoms with E-state index in [0.717, 1.165) is 22.4 Å². The Balaban J connectivity index is 1.69. The summed E-state index contributed by atoms with van der Waals surface area (Å²) in [6, 6.07) is 18.0. The van der Waals surface area contributed by atoms with Gasteiger partial charge in [-0.3, -0.25) is 4.79 Å². The van der Waals surface area contributed by atoms with E-state index >= 15 is 0 Å². The molecule has 0 spiro atoms. The fourth-order valence-corrected chi connectivity index (χ4v) is 4.60. The van der Waals surface area contributed by atoms with Gasteiger partial charge in [-0.2, -0.15) is 4.31 Å². The van der Waals surface area contributed by atoms with E-state index in [2.05, 4.69) is 5.32 Å². The fraction of sp³-hybridized carbons (Fsp3) is 0.261. The lowest BCUT2D eigenvalue weighted by molar-refractivity contribution is -0.122. The highest BCUT2D eigenvalue weighted by atomic mass is 32.2.